The number of carbonyl (C=O) groups excluding carboxylic acids is 2. The molecule has 3 N–H and O–H groups in total. The first-order valence-electron chi connectivity index (χ1n) is 11.5. The topological polar surface area (TPSA) is 135 Å². The van der Waals surface area contributed by atoms with E-state index in [1.54, 1.807) is 32.9 Å². The number of esters is 1. The van der Waals surface area contributed by atoms with Crippen molar-refractivity contribution in [2.45, 2.75) is 72.4 Å². The molecule has 0 saturated heterocycles. The minimum atomic E-state index is -4.37. The Morgan fingerprint density at radius 3 is 2.29 bits per heavy atom. The van der Waals surface area contributed by atoms with Gasteiger partial charge in [-0.05, 0) is 63.6 Å². The Hall–Kier alpha value is -2.50. The van der Waals surface area contributed by atoms with Crippen LogP contribution in [-0.2, 0) is 37.5 Å². The van der Waals surface area contributed by atoms with E-state index in [4.69, 9.17) is 9.29 Å². The van der Waals surface area contributed by atoms with E-state index < -0.39 is 39.7 Å². The summed E-state index contributed by atoms with van der Waals surface area (Å²) in [5.41, 5.74) is 1.21. The second-order valence-corrected chi connectivity index (χ2v) is 11.8. The van der Waals surface area contributed by atoms with Crippen LogP contribution in [0, 0.1) is 11.8 Å². The van der Waals surface area contributed by atoms with Crippen LogP contribution in [0.2, 0.25) is 0 Å². The van der Waals surface area contributed by atoms with E-state index in [2.05, 4.69) is 10.3 Å². The molecule has 194 valence electrons. The van der Waals surface area contributed by atoms with E-state index in [0.29, 0.717) is 17.8 Å². The lowest BCUT2D eigenvalue weighted by Crippen LogP contribution is -2.41. The number of nitrogens with zero attached hydrogens (tertiary/aromatic N) is 1. The summed E-state index contributed by atoms with van der Waals surface area (Å²) in [6, 6.07) is 5.93. The van der Waals surface area contributed by atoms with Gasteiger partial charge in [0.25, 0.3) is 0 Å². The molecule has 2 atom stereocenters. The third-order valence-corrected chi connectivity index (χ3v) is 6.40. The van der Waals surface area contributed by atoms with Gasteiger partial charge in [0, 0.05) is 5.38 Å². The number of nitrogens with one attached hydrogen (secondary N) is 2. The van der Waals surface area contributed by atoms with Crippen LogP contribution < -0.4 is 10.0 Å². The summed E-state index contributed by atoms with van der Waals surface area (Å²) < 4.78 is 38.5. The molecular formula is C24H35N3O6S2. The lowest BCUT2D eigenvalue weighted by Gasteiger charge is -2.26. The van der Waals surface area contributed by atoms with Crippen LogP contribution in [0.5, 0.6) is 0 Å². The van der Waals surface area contributed by atoms with Gasteiger partial charge in [-0.15, -0.1) is 11.3 Å². The molecule has 11 heteroatoms. The molecule has 0 aliphatic rings. The SMILES string of the molecule is CCc1csc([C@H](Cc2ccc(NS(=O)(=O)O)cc2)NC(=O)[C@H](CC(C)C)C(=O)OC(C)(C)C)n1. The molecule has 0 fully saturated rings. The predicted octanol–water partition coefficient (Wildman–Crippen LogP) is 4.32. The van der Waals surface area contributed by atoms with Crippen molar-refractivity contribution < 1.29 is 27.3 Å². The molecule has 0 spiro atoms. The van der Waals surface area contributed by atoms with Gasteiger partial charge in [-0.2, -0.15) is 8.42 Å². The number of ether oxygens (including phenoxy) is 1. The van der Waals surface area contributed by atoms with Crippen molar-refractivity contribution in [2.75, 3.05) is 4.72 Å². The lowest BCUT2D eigenvalue weighted by molar-refractivity contribution is -0.163. The highest BCUT2D eigenvalue weighted by Crippen LogP contribution is 2.26. The quantitative estimate of drug-likeness (QED) is 0.226. The maximum absolute atomic E-state index is 13.3. The molecule has 2 rings (SSSR count). The fraction of sp³-hybridized carbons (Fsp3) is 0.542. The Labute approximate surface area is 211 Å². The van der Waals surface area contributed by atoms with Crippen LogP contribution in [0.4, 0.5) is 5.69 Å². The largest absolute Gasteiger partial charge is 0.459 e. The van der Waals surface area contributed by atoms with E-state index in [1.165, 1.54) is 23.5 Å². The van der Waals surface area contributed by atoms with Gasteiger partial charge in [-0.1, -0.05) is 32.9 Å². The Morgan fingerprint density at radius 1 is 1.17 bits per heavy atom. The molecule has 2 aromatic rings. The van der Waals surface area contributed by atoms with Crippen molar-refractivity contribution in [1.82, 2.24) is 10.3 Å². The van der Waals surface area contributed by atoms with Crippen molar-refractivity contribution in [3.05, 3.63) is 45.9 Å². The van der Waals surface area contributed by atoms with Crippen LogP contribution in [0.3, 0.4) is 0 Å². The fourth-order valence-electron chi connectivity index (χ4n) is 3.37. The van der Waals surface area contributed by atoms with E-state index in [9.17, 15) is 18.0 Å². The van der Waals surface area contributed by atoms with Crippen molar-refractivity contribution in [1.29, 1.82) is 0 Å². The van der Waals surface area contributed by atoms with Crippen molar-refractivity contribution >= 4 is 39.2 Å². The predicted molar refractivity (Wildman–Crippen MR) is 136 cm³/mol. The van der Waals surface area contributed by atoms with Gasteiger partial charge in [0.15, 0.2) is 0 Å². The van der Waals surface area contributed by atoms with Gasteiger partial charge < -0.3 is 10.1 Å². The zero-order chi connectivity index (χ0) is 26.4. The highest BCUT2D eigenvalue weighted by Gasteiger charge is 2.33. The smallest absolute Gasteiger partial charge is 0.357 e. The normalized spacial score (nSPS) is 13.8. The number of rotatable bonds is 11. The summed E-state index contributed by atoms with van der Waals surface area (Å²) >= 11 is 1.43. The average molecular weight is 526 g/mol. The zero-order valence-corrected chi connectivity index (χ0v) is 22.6. The number of hydrogen-bond donors (Lipinski definition) is 3. The molecule has 9 nitrogen and oxygen atoms in total. The fourth-order valence-corrected chi connectivity index (χ4v) is 4.75. The Balaban J connectivity index is 2.29. The second kappa shape index (κ2) is 12.0. The van der Waals surface area contributed by atoms with E-state index in [1.807, 2.05) is 30.9 Å². The average Bonchev–Trinajstić information content (AvgIpc) is 3.19. The van der Waals surface area contributed by atoms with Crippen LogP contribution in [-0.4, -0.2) is 35.4 Å². The summed E-state index contributed by atoms with van der Waals surface area (Å²) in [5.74, 6) is -1.83. The molecule has 0 radical (unpaired) electrons. The molecule has 0 unspecified atom stereocenters. The maximum atomic E-state index is 13.3. The first-order valence-corrected chi connectivity index (χ1v) is 13.8. The maximum Gasteiger partial charge on any atom is 0.357 e. The highest BCUT2D eigenvalue weighted by atomic mass is 32.2. The van der Waals surface area contributed by atoms with Crippen LogP contribution in [0.15, 0.2) is 29.6 Å². The molecule has 35 heavy (non-hydrogen) atoms. The molecule has 0 bridgehead atoms. The summed E-state index contributed by atoms with van der Waals surface area (Å²) in [5, 5.41) is 5.65. The van der Waals surface area contributed by atoms with Crippen LogP contribution in [0.1, 0.15) is 70.3 Å². The molecule has 1 heterocycles. The molecule has 0 aliphatic carbocycles. The summed E-state index contributed by atoms with van der Waals surface area (Å²) in [6.45, 7) is 11.2. The minimum absolute atomic E-state index is 0.103. The Kier molecular flexibility index (Phi) is 9.82. The number of benzene rings is 1. The number of carbonyl (C=O) groups is 2. The monoisotopic (exact) mass is 525 g/mol. The molecule has 1 amide bonds. The van der Waals surface area contributed by atoms with E-state index in [0.717, 1.165) is 17.7 Å². The first kappa shape index (κ1) is 28.7. The second-order valence-electron chi connectivity index (χ2n) is 9.79. The van der Waals surface area contributed by atoms with Crippen molar-refractivity contribution in [3.63, 3.8) is 0 Å². The first-order chi connectivity index (χ1) is 16.2. The van der Waals surface area contributed by atoms with Gasteiger partial charge in [0.1, 0.15) is 16.5 Å². The number of anilines is 1. The number of aromatic nitrogens is 1. The Bertz CT molecular complexity index is 1110. The number of amides is 1. The van der Waals surface area contributed by atoms with Gasteiger partial charge in [0.2, 0.25) is 5.91 Å². The third-order valence-electron chi connectivity index (χ3n) is 4.90. The standard InChI is InChI=1S/C24H35N3O6S2/c1-7-17-14-34-22(25-17)20(13-16-8-10-18(11-9-16)27-35(30,31)32)26-21(28)19(12-15(2)3)23(29)33-24(4,5)6/h8-11,14-15,19-20,27H,7,12-13H2,1-6H3,(H,26,28)(H,30,31,32)/t19-,20-/m0/s1. The molecular weight excluding hydrogens is 490 g/mol. The van der Waals surface area contributed by atoms with Crippen LogP contribution in [0.25, 0.3) is 0 Å². The van der Waals surface area contributed by atoms with E-state index >= 15 is 0 Å². The van der Waals surface area contributed by atoms with Crippen molar-refractivity contribution in [2.24, 2.45) is 11.8 Å². The van der Waals surface area contributed by atoms with Crippen molar-refractivity contribution in [3.8, 4) is 0 Å². The number of thiazole rings is 1. The van der Waals surface area contributed by atoms with Gasteiger partial charge in [0.05, 0.1) is 17.4 Å². The minimum Gasteiger partial charge on any atom is -0.459 e. The van der Waals surface area contributed by atoms with Crippen LogP contribution >= 0.6 is 11.3 Å². The highest BCUT2D eigenvalue weighted by molar-refractivity contribution is 7.87. The van der Waals surface area contributed by atoms with E-state index in [-0.39, 0.29) is 11.6 Å². The molecule has 1 aromatic carbocycles. The van der Waals surface area contributed by atoms with Gasteiger partial charge in [-0.25, -0.2) is 4.98 Å². The summed E-state index contributed by atoms with van der Waals surface area (Å²) in [7, 11) is -4.37. The van der Waals surface area contributed by atoms with Gasteiger partial charge in [-0.3, -0.25) is 18.9 Å². The number of hydrogen-bond acceptors (Lipinski definition) is 7. The Morgan fingerprint density at radius 2 is 1.80 bits per heavy atom. The zero-order valence-electron chi connectivity index (χ0n) is 21.0. The molecule has 0 saturated carbocycles. The lowest BCUT2D eigenvalue weighted by atomic mass is 9.95. The number of aryl methyl sites for hydroxylation is 1. The summed E-state index contributed by atoms with van der Waals surface area (Å²) in [6.07, 6.45) is 1.47. The third kappa shape index (κ3) is 9.95. The molecule has 1 aromatic heterocycles. The molecule has 0 aliphatic heterocycles. The van der Waals surface area contributed by atoms with Gasteiger partial charge >= 0.3 is 16.3 Å². The summed E-state index contributed by atoms with van der Waals surface area (Å²) in [4.78, 5) is 30.8.